The van der Waals surface area contributed by atoms with Crippen molar-refractivity contribution >= 4 is 40.0 Å². The molecule has 6 rings (SSSR count). The number of aromatic nitrogens is 2. The van der Waals surface area contributed by atoms with Gasteiger partial charge in [-0.15, -0.1) is 0 Å². The number of aromatic amines is 1. The van der Waals surface area contributed by atoms with E-state index >= 15 is 0 Å². The van der Waals surface area contributed by atoms with E-state index < -0.39 is 0 Å². The maximum atomic E-state index is 13.1. The highest BCUT2D eigenvalue weighted by molar-refractivity contribution is 6.30. The van der Waals surface area contributed by atoms with Crippen molar-refractivity contribution in [1.82, 2.24) is 15.1 Å². The second-order valence-electron chi connectivity index (χ2n) is 8.20. The first-order valence-corrected chi connectivity index (χ1v) is 10.2. The van der Waals surface area contributed by atoms with Crippen LogP contribution in [0.15, 0.2) is 42.5 Å². The molecule has 0 unspecified atom stereocenters. The van der Waals surface area contributed by atoms with Gasteiger partial charge >= 0.3 is 6.03 Å². The summed E-state index contributed by atoms with van der Waals surface area (Å²) in [6.45, 7) is 4.47. The van der Waals surface area contributed by atoms with Gasteiger partial charge in [0.05, 0.1) is 17.7 Å². The molecule has 8 heteroatoms. The molecule has 3 aliphatic heterocycles. The third-order valence-electron chi connectivity index (χ3n) is 6.14. The Morgan fingerprint density at radius 3 is 2.83 bits per heavy atom. The Balaban J connectivity index is 1.13. The Morgan fingerprint density at radius 1 is 1.14 bits per heavy atom. The lowest BCUT2D eigenvalue weighted by atomic mass is 9.73. The number of para-hydroxylation sites is 1. The summed E-state index contributed by atoms with van der Waals surface area (Å²) in [5, 5.41) is 9.35. The molecule has 4 heterocycles. The number of fused-ring (bicyclic) bond motifs is 2. The van der Waals surface area contributed by atoms with Crippen LogP contribution in [0.1, 0.15) is 0 Å². The third-order valence-corrected chi connectivity index (χ3v) is 6.38. The number of carbonyl (C=O) groups is 1. The Labute approximate surface area is 172 Å². The van der Waals surface area contributed by atoms with Gasteiger partial charge in [-0.3, -0.25) is 10.00 Å². The van der Waals surface area contributed by atoms with E-state index in [1.807, 2.05) is 29.2 Å². The number of halogens is 1. The first-order valence-electron chi connectivity index (χ1n) is 9.79. The van der Waals surface area contributed by atoms with Gasteiger partial charge in [0.2, 0.25) is 0 Å². The number of rotatable bonds is 1. The molecule has 29 heavy (non-hydrogen) atoms. The van der Waals surface area contributed by atoms with E-state index in [0.29, 0.717) is 23.9 Å². The average molecular weight is 410 g/mol. The van der Waals surface area contributed by atoms with Gasteiger partial charge in [0, 0.05) is 48.1 Å². The number of urea groups is 1. The van der Waals surface area contributed by atoms with Crippen LogP contribution in [0.25, 0.3) is 10.9 Å². The largest absolute Gasteiger partial charge is 0.489 e. The highest BCUT2D eigenvalue weighted by atomic mass is 35.5. The number of anilines is 2. The van der Waals surface area contributed by atoms with Crippen molar-refractivity contribution in [1.29, 1.82) is 0 Å². The van der Waals surface area contributed by atoms with Crippen LogP contribution < -0.4 is 14.5 Å². The maximum Gasteiger partial charge on any atom is 0.324 e. The normalized spacial score (nSPS) is 19.6. The molecule has 2 saturated heterocycles. The summed E-state index contributed by atoms with van der Waals surface area (Å²) >= 11 is 6.06. The lowest BCUT2D eigenvalue weighted by molar-refractivity contribution is 0.00941. The number of H-pyrrole nitrogens is 1. The molecular weight excluding hydrogens is 390 g/mol. The molecule has 148 valence electrons. The Morgan fingerprint density at radius 2 is 1.97 bits per heavy atom. The summed E-state index contributed by atoms with van der Waals surface area (Å²) < 4.78 is 5.67. The topological polar surface area (TPSA) is 64.7 Å². The summed E-state index contributed by atoms with van der Waals surface area (Å²) in [7, 11) is 0. The summed E-state index contributed by atoms with van der Waals surface area (Å²) in [4.78, 5) is 19.1. The van der Waals surface area contributed by atoms with Crippen molar-refractivity contribution in [2.45, 2.75) is 0 Å². The number of hydrogen-bond donors (Lipinski definition) is 1. The van der Waals surface area contributed by atoms with E-state index in [1.165, 1.54) is 0 Å². The highest BCUT2D eigenvalue weighted by Crippen LogP contribution is 2.44. The van der Waals surface area contributed by atoms with Gasteiger partial charge in [0.15, 0.2) is 5.82 Å². The monoisotopic (exact) mass is 409 g/mol. The number of ether oxygens (including phenoxy) is 1. The molecular formula is C21H20ClN5O2. The van der Waals surface area contributed by atoms with Crippen LogP contribution in [-0.2, 0) is 0 Å². The zero-order valence-electron chi connectivity index (χ0n) is 15.8. The zero-order chi connectivity index (χ0) is 19.6. The number of amides is 2. The maximum absolute atomic E-state index is 13.1. The number of carbonyl (C=O) groups excluding carboxylic acids is 1. The Kier molecular flexibility index (Phi) is 3.53. The third kappa shape index (κ3) is 2.57. The van der Waals surface area contributed by atoms with Crippen molar-refractivity contribution in [3.05, 3.63) is 47.5 Å². The minimum atomic E-state index is 0.0474. The van der Waals surface area contributed by atoms with E-state index in [1.54, 1.807) is 17.0 Å². The molecule has 2 amide bonds. The van der Waals surface area contributed by atoms with Gasteiger partial charge in [-0.25, -0.2) is 4.79 Å². The lowest BCUT2D eigenvalue weighted by Crippen LogP contribution is -2.74. The van der Waals surface area contributed by atoms with Crippen molar-refractivity contribution in [3.63, 3.8) is 0 Å². The molecule has 1 spiro atoms. The zero-order valence-corrected chi connectivity index (χ0v) is 16.5. The van der Waals surface area contributed by atoms with Crippen molar-refractivity contribution in [3.8, 4) is 5.75 Å². The minimum absolute atomic E-state index is 0.0474. The number of benzene rings is 2. The van der Waals surface area contributed by atoms with E-state index in [9.17, 15) is 4.79 Å². The molecule has 0 saturated carbocycles. The van der Waals surface area contributed by atoms with E-state index in [0.717, 1.165) is 48.6 Å². The fraction of sp³-hybridized carbons (Fsp3) is 0.333. The van der Waals surface area contributed by atoms with Gasteiger partial charge in [-0.2, -0.15) is 5.10 Å². The Hall–Kier alpha value is -2.93. The smallest absolute Gasteiger partial charge is 0.324 e. The fourth-order valence-corrected chi connectivity index (χ4v) is 4.93. The molecule has 1 N–H and O–H groups in total. The first kappa shape index (κ1) is 17.0. The lowest BCUT2D eigenvalue weighted by Gasteiger charge is -2.60. The van der Waals surface area contributed by atoms with Crippen LogP contribution in [-0.4, -0.2) is 60.5 Å². The van der Waals surface area contributed by atoms with Crippen LogP contribution in [0, 0.1) is 5.41 Å². The van der Waals surface area contributed by atoms with E-state index in [2.05, 4.69) is 21.2 Å². The first-order chi connectivity index (χ1) is 14.1. The quantitative estimate of drug-likeness (QED) is 0.669. The SMILES string of the molecule is O=C(N1CC2(C1)CN(c1n[nH]c3ccccc13)C2)N1CCOc2cc(Cl)ccc21. The minimum Gasteiger partial charge on any atom is -0.489 e. The highest BCUT2D eigenvalue weighted by Gasteiger charge is 2.54. The van der Waals surface area contributed by atoms with Crippen molar-refractivity contribution < 1.29 is 9.53 Å². The van der Waals surface area contributed by atoms with Crippen LogP contribution in [0.3, 0.4) is 0 Å². The summed E-state index contributed by atoms with van der Waals surface area (Å²) in [5.41, 5.74) is 2.04. The molecule has 0 radical (unpaired) electrons. The van der Waals surface area contributed by atoms with Crippen molar-refractivity contribution in [2.24, 2.45) is 5.41 Å². The van der Waals surface area contributed by atoms with E-state index in [-0.39, 0.29) is 11.4 Å². The average Bonchev–Trinajstić information content (AvgIpc) is 3.09. The van der Waals surface area contributed by atoms with Gasteiger partial charge < -0.3 is 14.5 Å². The Bertz CT molecular complexity index is 1120. The predicted octanol–water partition coefficient (Wildman–Crippen LogP) is 3.36. The van der Waals surface area contributed by atoms with Gasteiger partial charge in [0.25, 0.3) is 0 Å². The molecule has 1 aromatic heterocycles. The molecule has 7 nitrogen and oxygen atoms in total. The molecule has 0 aliphatic carbocycles. The van der Waals surface area contributed by atoms with E-state index in [4.69, 9.17) is 16.3 Å². The van der Waals surface area contributed by atoms with Crippen LogP contribution in [0.5, 0.6) is 5.75 Å². The summed E-state index contributed by atoms with van der Waals surface area (Å²) in [5.74, 6) is 1.68. The predicted molar refractivity (Wildman–Crippen MR) is 112 cm³/mol. The molecule has 0 bridgehead atoms. The molecule has 3 aliphatic rings. The van der Waals surface area contributed by atoms with Crippen molar-refractivity contribution in [2.75, 3.05) is 49.1 Å². The number of likely N-dealkylation sites (tertiary alicyclic amines) is 1. The van der Waals surface area contributed by atoms with Crippen LogP contribution in [0.2, 0.25) is 5.02 Å². The summed E-state index contributed by atoms with van der Waals surface area (Å²) in [6.07, 6.45) is 0. The van der Waals surface area contributed by atoms with Gasteiger partial charge in [-0.05, 0) is 24.3 Å². The van der Waals surface area contributed by atoms with Crippen LogP contribution in [0.4, 0.5) is 16.3 Å². The number of hydrogen-bond acceptors (Lipinski definition) is 4. The number of nitrogens with one attached hydrogen (secondary N) is 1. The molecule has 3 aromatic rings. The molecule has 2 aromatic carbocycles. The fourth-order valence-electron chi connectivity index (χ4n) is 4.77. The van der Waals surface area contributed by atoms with Gasteiger partial charge in [-0.1, -0.05) is 23.7 Å². The van der Waals surface area contributed by atoms with Crippen LogP contribution >= 0.6 is 11.6 Å². The molecule has 0 atom stereocenters. The summed E-state index contributed by atoms with van der Waals surface area (Å²) in [6, 6.07) is 13.7. The van der Waals surface area contributed by atoms with Gasteiger partial charge in [0.1, 0.15) is 12.4 Å². The standard InChI is InChI=1S/C21H20ClN5O2/c22-14-5-6-17-18(9-14)29-8-7-27(17)20(28)26-12-21(13-26)10-25(11-21)19-15-3-1-2-4-16(15)23-24-19/h1-6,9H,7-8,10-13H2,(H,23,24). The molecule has 2 fully saturated rings. The second kappa shape index (κ2) is 6.03. The second-order valence-corrected chi connectivity index (χ2v) is 8.64. The number of nitrogens with zero attached hydrogens (tertiary/aromatic N) is 4.